The third-order valence-electron chi connectivity index (χ3n) is 3.57. The highest BCUT2D eigenvalue weighted by Gasteiger charge is 2.09. The second-order valence-corrected chi connectivity index (χ2v) is 5.41. The predicted octanol–water partition coefficient (Wildman–Crippen LogP) is 3.64. The standard InChI is InChI=1S/C18H19N3O/c1-13-7-9-15(10-8-13)11-19-12-17-20-21-18(22-17)16-6-4-3-5-14(16)2/h3-10,19H,11-12H2,1-2H3. The van der Waals surface area contributed by atoms with Gasteiger partial charge in [-0.05, 0) is 31.0 Å². The van der Waals surface area contributed by atoms with E-state index < -0.39 is 0 Å². The van der Waals surface area contributed by atoms with Gasteiger partial charge in [0.25, 0.3) is 0 Å². The Bertz CT molecular complexity index is 747. The fraction of sp³-hybridized carbons (Fsp3) is 0.222. The molecule has 1 N–H and O–H groups in total. The first-order valence-electron chi connectivity index (χ1n) is 7.37. The molecule has 0 unspecified atom stereocenters. The number of nitrogens with one attached hydrogen (secondary N) is 1. The van der Waals surface area contributed by atoms with Crippen LogP contribution in [0.5, 0.6) is 0 Å². The molecule has 22 heavy (non-hydrogen) atoms. The van der Waals surface area contributed by atoms with Gasteiger partial charge in [0.1, 0.15) is 0 Å². The van der Waals surface area contributed by atoms with E-state index >= 15 is 0 Å². The van der Waals surface area contributed by atoms with Crippen LogP contribution in [0.2, 0.25) is 0 Å². The van der Waals surface area contributed by atoms with Crippen LogP contribution >= 0.6 is 0 Å². The summed E-state index contributed by atoms with van der Waals surface area (Å²) < 4.78 is 5.72. The van der Waals surface area contributed by atoms with Crippen LogP contribution in [0, 0.1) is 13.8 Å². The number of aryl methyl sites for hydroxylation is 2. The Balaban J connectivity index is 1.60. The number of hydrogen-bond acceptors (Lipinski definition) is 4. The quantitative estimate of drug-likeness (QED) is 0.780. The Labute approximate surface area is 130 Å². The lowest BCUT2D eigenvalue weighted by molar-refractivity contribution is 0.477. The van der Waals surface area contributed by atoms with Crippen LogP contribution in [0.3, 0.4) is 0 Å². The molecule has 0 amide bonds. The van der Waals surface area contributed by atoms with E-state index in [9.17, 15) is 0 Å². The molecule has 0 saturated carbocycles. The van der Waals surface area contributed by atoms with Crippen LogP contribution in [0.15, 0.2) is 52.9 Å². The molecule has 2 aromatic carbocycles. The van der Waals surface area contributed by atoms with Crippen LogP contribution in [-0.4, -0.2) is 10.2 Å². The van der Waals surface area contributed by atoms with E-state index in [4.69, 9.17) is 4.42 Å². The van der Waals surface area contributed by atoms with Gasteiger partial charge in [-0.25, -0.2) is 0 Å². The van der Waals surface area contributed by atoms with Crippen LogP contribution in [0.25, 0.3) is 11.5 Å². The topological polar surface area (TPSA) is 51.0 Å². The fourth-order valence-corrected chi connectivity index (χ4v) is 2.27. The lowest BCUT2D eigenvalue weighted by atomic mass is 10.1. The molecule has 0 atom stereocenters. The SMILES string of the molecule is Cc1ccc(CNCc2nnc(-c3ccccc3C)o2)cc1. The van der Waals surface area contributed by atoms with Crippen molar-refractivity contribution in [2.75, 3.05) is 0 Å². The summed E-state index contributed by atoms with van der Waals surface area (Å²) >= 11 is 0. The molecule has 0 aliphatic rings. The zero-order valence-electron chi connectivity index (χ0n) is 12.8. The van der Waals surface area contributed by atoms with Gasteiger partial charge in [-0.1, -0.05) is 48.0 Å². The van der Waals surface area contributed by atoms with Gasteiger partial charge in [0, 0.05) is 12.1 Å². The molecule has 1 heterocycles. The Morgan fingerprint density at radius 3 is 2.45 bits per heavy atom. The summed E-state index contributed by atoms with van der Waals surface area (Å²) in [7, 11) is 0. The zero-order valence-corrected chi connectivity index (χ0v) is 12.8. The number of hydrogen-bond donors (Lipinski definition) is 1. The van der Waals surface area contributed by atoms with E-state index in [0.29, 0.717) is 18.3 Å². The third-order valence-corrected chi connectivity index (χ3v) is 3.57. The molecule has 0 saturated heterocycles. The van der Waals surface area contributed by atoms with Gasteiger partial charge in [0.15, 0.2) is 0 Å². The maximum absolute atomic E-state index is 5.72. The van der Waals surface area contributed by atoms with Crippen molar-refractivity contribution in [1.82, 2.24) is 15.5 Å². The second kappa shape index (κ2) is 6.54. The summed E-state index contributed by atoms with van der Waals surface area (Å²) in [6.45, 7) is 5.46. The number of benzene rings is 2. The Morgan fingerprint density at radius 1 is 0.909 bits per heavy atom. The summed E-state index contributed by atoms with van der Waals surface area (Å²) in [5.74, 6) is 1.18. The molecular formula is C18H19N3O. The zero-order chi connectivity index (χ0) is 15.4. The van der Waals surface area contributed by atoms with Gasteiger partial charge in [0.05, 0.1) is 6.54 Å². The molecule has 3 aromatic rings. The fourth-order valence-electron chi connectivity index (χ4n) is 2.27. The second-order valence-electron chi connectivity index (χ2n) is 5.41. The first kappa shape index (κ1) is 14.5. The van der Waals surface area contributed by atoms with Crippen molar-refractivity contribution < 1.29 is 4.42 Å². The van der Waals surface area contributed by atoms with Gasteiger partial charge in [0.2, 0.25) is 11.8 Å². The Morgan fingerprint density at radius 2 is 1.68 bits per heavy atom. The Kier molecular flexibility index (Phi) is 4.30. The van der Waals surface area contributed by atoms with E-state index in [1.807, 2.05) is 31.2 Å². The minimum absolute atomic E-state index is 0.562. The molecule has 0 radical (unpaired) electrons. The highest BCUT2D eigenvalue weighted by Crippen LogP contribution is 2.21. The number of aromatic nitrogens is 2. The normalized spacial score (nSPS) is 10.8. The smallest absolute Gasteiger partial charge is 0.248 e. The predicted molar refractivity (Wildman–Crippen MR) is 86.2 cm³/mol. The minimum Gasteiger partial charge on any atom is -0.419 e. The van der Waals surface area contributed by atoms with Crippen LogP contribution in [0.1, 0.15) is 22.6 Å². The van der Waals surface area contributed by atoms with Crippen molar-refractivity contribution in [1.29, 1.82) is 0 Å². The molecule has 0 fully saturated rings. The molecule has 4 nitrogen and oxygen atoms in total. The van der Waals surface area contributed by atoms with Crippen LogP contribution in [-0.2, 0) is 13.1 Å². The highest BCUT2D eigenvalue weighted by atomic mass is 16.4. The molecule has 0 bridgehead atoms. The van der Waals surface area contributed by atoms with Crippen molar-refractivity contribution in [3.05, 3.63) is 71.1 Å². The molecule has 4 heteroatoms. The lowest BCUT2D eigenvalue weighted by Gasteiger charge is -2.02. The van der Waals surface area contributed by atoms with Gasteiger partial charge in [-0.2, -0.15) is 0 Å². The summed E-state index contributed by atoms with van der Waals surface area (Å²) in [4.78, 5) is 0. The molecular weight excluding hydrogens is 274 g/mol. The van der Waals surface area contributed by atoms with Crippen molar-refractivity contribution in [3.63, 3.8) is 0 Å². The molecule has 1 aromatic heterocycles. The summed E-state index contributed by atoms with van der Waals surface area (Å²) in [5, 5.41) is 11.5. The van der Waals surface area contributed by atoms with E-state index in [-0.39, 0.29) is 0 Å². The first-order chi connectivity index (χ1) is 10.7. The lowest BCUT2D eigenvalue weighted by Crippen LogP contribution is -2.12. The molecule has 112 valence electrons. The minimum atomic E-state index is 0.562. The van der Waals surface area contributed by atoms with Crippen molar-refractivity contribution >= 4 is 0 Å². The highest BCUT2D eigenvalue weighted by molar-refractivity contribution is 5.57. The van der Waals surface area contributed by atoms with Crippen molar-refractivity contribution in [2.45, 2.75) is 26.9 Å². The maximum Gasteiger partial charge on any atom is 0.248 e. The average Bonchev–Trinajstić information content (AvgIpc) is 2.98. The van der Waals surface area contributed by atoms with E-state index in [1.165, 1.54) is 11.1 Å². The van der Waals surface area contributed by atoms with Gasteiger partial charge < -0.3 is 9.73 Å². The van der Waals surface area contributed by atoms with E-state index in [1.54, 1.807) is 0 Å². The van der Waals surface area contributed by atoms with Gasteiger partial charge in [-0.15, -0.1) is 10.2 Å². The monoisotopic (exact) mass is 293 g/mol. The maximum atomic E-state index is 5.72. The number of nitrogens with zero attached hydrogens (tertiary/aromatic N) is 2. The van der Waals surface area contributed by atoms with Gasteiger partial charge in [-0.3, -0.25) is 0 Å². The summed E-state index contributed by atoms with van der Waals surface area (Å²) in [5.41, 5.74) is 4.62. The molecule has 3 rings (SSSR count). The van der Waals surface area contributed by atoms with E-state index in [2.05, 4.69) is 46.7 Å². The first-order valence-corrected chi connectivity index (χ1v) is 7.37. The summed E-state index contributed by atoms with van der Waals surface area (Å²) in [6, 6.07) is 16.5. The molecule has 0 aliphatic carbocycles. The summed E-state index contributed by atoms with van der Waals surface area (Å²) in [6.07, 6.45) is 0. The average molecular weight is 293 g/mol. The van der Waals surface area contributed by atoms with Crippen LogP contribution < -0.4 is 5.32 Å². The van der Waals surface area contributed by atoms with Crippen molar-refractivity contribution in [3.8, 4) is 11.5 Å². The third kappa shape index (κ3) is 3.40. The van der Waals surface area contributed by atoms with Crippen molar-refractivity contribution in [2.24, 2.45) is 0 Å². The Hall–Kier alpha value is -2.46. The molecule has 0 spiro atoms. The number of rotatable bonds is 5. The molecule has 0 aliphatic heterocycles. The van der Waals surface area contributed by atoms with Gasteiger partial charge >= 0.3 is 0 Å². The van der Waals surface area contributed by atoms with E-state index in [0.717, 1.165) is 17.7 Å². The largest absolute Gasteiger partial charge is 0.419 e. The van der Waals surface area contributed by atoms with Crippen LogP contribution in [0.4, 0.5) is 0 Å².